The first-order valence-corrected chi connectivity index (χ1v) is 6.32. The predicted octanol–water partition coefficient (Wildman–Crippen LogP) is 3.41. The van der Waals surface area contributed by atoms with Crippen LogP contribution in [-0.2, 0) is 6.54 Å². The van der Waals surface area contributed by atoms with Crippen molar-refractivity contribution in [3.63, 3.8) is 0 Å². The third-order valence-electron chi connectivity index (χ3n) is 2.83. The molecule has 2 rings (SSSR count). The second-order valence-electron chi connectivity index (χ2n) is 4.58. The van der Waals surface area contributed by atoms with Crippen LogP contribution in [0.5, 0.6) is 0 Å². The smallest absolute Gasteiger partial charge is 0.389 e. The molecule has 0 saturated carbocycles. The van der Waals surface area contributed by atoms with Crippen molar-refractivity contribution in [3.05, 3.63) is 29.7 Å². The third-order valence-corrected chi connectivity index (χ3v) is 2.83. The molecule has 0 bridgehead atoms. The summed E-state index contributed by atoms with van der Waals surface area (Å²) in [5.74, 6) is 1.46. The summed E-state index contributed by atoms with van der Waals surface area (Å²) in [5.41, 5.74) is 1.62. The van der Waals surface area contributed by atoms with Gasteiger partial charge < -0.3 is 9.73 Å². The van der Waals surface area contributed by atoms with E-state index in [2.05, 4.69) is 15.5 Å². The summed E-state index contributed by atoms with van der Waals surface area (Å²) in [6.07, 6.45) is -3.15. The fraction of sp³-hybridized carbons (Fsp3) is 0.462. The van der Waals surface area contributed by atoms with E-state index in [4.69, 9.17) is 4.42 Å². The SMILES string of the molecule is Cc1ccc(-c2[nH]ncc2CNCCCC(F)(F)F)o1. The van der Waals surface area contributed by atoms with Crippen LogP contribution in [0.2, 0.25) is 0 Å². The Morgan fingerprint density at radius 3 is 2.80 bits per heavy atom. The molecule has 0 saturated heterocycles. The Morgan fingerprint density at radius 2 is 2.15 bits per heavy atom. The molecule has 2 heterocycles. The van der Waals surface area contributed by atoms with Crippen LogP contribution in [0.3, 0.4) is 0 Å². The lowest BCUT2D eigenvalue weighted by molar-refractivity contribution is -0.135. The van der Waals surface area contributed by atoms with Gasteiger partial charge in [0.1, 0.15) is 11.5 Å². The molecule has 0 aromatic carbocycles. The number of rotatable bonds is 6. The van der Waals surface area contributed by atoms with Gasteiger partial charge >= 0.3 is 6.18 Å². The van der Waals surface area contributed by atoms with Crippen LogP contribution in [0.15, 0.2) is 22.7 Å². The molecule has 2 aromatic rings. The van der Waals surface area contributed by atoms with E-state index in [1.54, 1.807) is 6.20 Å². The van der Waals surface area contributed by atoms with Gasteiger partial charge in [0, 0.05) is 18.5 Å². The number of aryl methyl sites for hydroxylation is 1. The molecule has 0 atom stereocenters. The molecule has 2 N–H and O–H groups in total. The Morgan fingerprint density at radius 1 is 1.35 bits per heavy atom. The summed E-state index contributed by atoms with van der Waals surface area (Å²) < 4.78 is 41.5. The van der Waals surface area contributed by atoms with Crippen molar-refractivity contribution < 1.29 is 17.6 Å². The number of hydrogen-bond acceptors (Lipinski definition) is 3. The van der Waals surface area contributed by atoms with Gasteiger partial charge in [0.2, 0.25) is 0 Å². The van der Waals surface area contributed by atoms with E-state index in [9.17, 15) is 13.2 Å². The molecule has 0 fully saturated rings. The van der Waals surface area contributed by atoms with Crippen LogP contribution >= 0.6 is 0 Å². The fourth-order valence-corrected chi connectivity index (χ4v) is 1.86. The molecule has 0 aliphatic rings. The monoisotopic (exact) mass is 287 g/mol. The molecule has 20 heavy (non-hydrogen) atoms. The van der Waals surface area contributed by atoms with Gasteiger partial charge in [-0.25, -0.2) is 0 Å². The Balaban J connectivity index is 1.84. The average Bonchev–Trinajstić information content (AvgIpc) is 2.95. The number of H-pyrrole nitrogens is 1. The summed E-state index contributed by atoms with van der Waals surface area (Å²) >= 11 is 0. The zero-order chi connectivity index (χ0) is 14.6. The highest BCUT2D eigenvalue weighted by Gasteiger charge is 2.25. The number of hydrogen-bond donors (Lipinski definition) is 2. The van der Waals surface area contributed by atoms with Gasteiger partial charge in [0.25, 0.3) is 0 Å². The van der Waals surface area contributed by atoms with Crippen LogP contribution in [0.25, 0.3) is 11.5 Å². The molecular weight excluding hydrogens is 271 g/mol. The molecule has 2 aromatic heterocycles. The molecular formula is C13H16F3N3O. The minimum Gasteiger partial charge on any atom is -0.460 e. The summed E-state index contributed by atoms with van der Waals surface area (Å²) in [4.78, 5) is 0. The van der Waals surface area contributed by atoms with Gasteiger partial charge in [0.05, 0.1) is 6.20 Å². The maximum Gasteiger partial charge on any atom is 0.389 e. The minimum atomic E-state index is -4.09. The van der Waals surface area contributed by atoms with E-state index < -0.39 is 12.6 Å². The second-order valence-corrected chi connectivity index (χ2v) is 4.58. The summed E-state index contributed by atoms with van der Waals surface area (Å²) in [6.45, 7) is 2.60. The number of nitrogens with one attached hydrogen (secondary N) is 2. The maximum atomic E-state index is 12.0. The number of aromatic nitrogens is 2. The summed E-state index contributed by atoms with van der Waals surface area (Å²) in [5, 5.41) is 9.75. The molecule has 0 aliphatic heterocycles. The van der Waals surface area contributed by atoms with Crippen molar-refractivity contribution in [2.45, 2.75) is 32.5 Å². The molecule has 0 aliphatic carbocycles. The first-order valence-electron chi connectivity index (χ1n) is 6.32. The highest BCUT2D eigenvalue weighted by molar-refractivity contribution is 5.56. The Labute approximate surface area is 114 Å². The zero-order valence-corrected chi connectivity index (χ0v) is 11.0. The van der Waals surface area contributed by atoms with E-state index in [1.807, 2.05) is 19.1 Å². The first-order chi connectivity index (χ1) is 9.46. The van der Waals surface area contributed by atoms with E-state index in [0.29, 0.717) is 18.8 Å². The van der Waals surface area contributed by atoms with Crippen molar-refractivity contribution in [2.75, 3.05) is 6.54 Å². The molecule has 0 spiro atoms. The van der Waals surface area contributed by atoms with Crippen LogP contribution in [0.1, 0.15) is 24.2 Å². The van der Waals surface area contributed by atoms with Crippen LogP contribution in [-0.4, -0.2) is 22.9 Å². The van der Waals surface area contributed by atoms with Gasteiger partial charge in [-0.05, 0) is 32.0 Å². The fourth-order valence-electron chi connectivity index (χ4n) is 1.86. The average molecular weight is 287 g/mol. The number of halogens is 3. The highest BCUT2D eigenvalue weighted by Crippen LogP contribution is 2.23. The normalized spacial score (nSPS) is 12.0. The second kappa shape index (κ2) is 6.13. The standard InChI is InChI=1S/C13H16F3N3O/c1-9-3-4-11(20-9)12-10(8-18-19-12)7-17-6-2-5-13(14,15)16/h3-4,8,17H,2,5-7H2,1H3,(H,18,19). The van der Waals surface area contributed by atoms with E-state index in [-0.39, 0.29) is 6.42 Å². The van der Waals surface area contributed by atoms with Crippen LogP contribution in [0, 0.1) is 6.92 Å². The van der Waals surface area contributed by atoms with Crippen molar-refractivity contribution >= 4 is 0 Å². The van der Waals surface area contributed by atoms with Gasteiger partial charge in [-0.2, -0.15) is 18.3 Å². The predicted molar refractivity (Wildman–Crippen MR) is 68.0 cm³/mol. The lowest BCUT2D eigenvalue weighted by Crippen LogP contribution is -2.17. The Bertz CT molecular complexity index is 545. The lowest BCUT2D eigenvalue weighted by atomic mass is 10.2. The maximum absolute atomic E-state index is 12.0. The van der Waals surface area contributed by atoms with Gasteiger partial charge in [-0.1, -0.05) is 0 Å². The van der Waals surface area contributed by atoms with Crippen molar-refractivity contribution in [2.24, 2.45) is 0 Å². The number of alkyl halides is 3. The van der Waals surface area contributed by atoms with Gasteiger partial charge in [0.15, 0.2) is 5.76 Å². The number of aromatic amines is 1. The number of furan rings is 1. The molecule has 0 unspecified atom stereocenters. The Kier molecular flexibility index (Phi) is 4.49. The minimum absolute atomic E-state index is 0.0660. The number of nitrogens with zero attached hydrogens (tertiary/aromatic N) is 1. The molecule has 4 nitrogen and oxygen atoms in total. The summed E-state index contributed by atoms with van der Waals surface area (Å²) in [6, 6.07) is 3.67. The van der Waals surface area contributed by atoms with E-state index in [0.717, 1.165) is 17.0 Å². The first kappa shape index (κ1) is 14.6. The molecule has 0 amide bonds. The van der Waals surface area contributed by atoms with Crippen LogP contribution in [0.4, 0.5) is 13.2 Å². The van der Waals surface area contributed by atoms with E-state index >= 15 is 0 Å². The van der Waals surface area contributed by atoms with Gasteiger partial charge in [-0.15, -0.1) is 0 Å². The van der Waals surface area contributed by atoms with E-state index in [1.165, 1.54) is 0 Å². The largest absolute Gasteiger partial charge is 0.460 e. The van der Waals surface area contributed by atoms with Gasteiger partial charge in [-0.3, -0.25) is 5.10 Å². The Hall–Kier alpha value is -1.76. The topological polar surface area (TPSA) is 53.9 Å². The zero-order valence-electron chi connectivity index (χ0n) is 11.0. The molecule has 110 valence electrons. The van der Waals surface area contributed by atoms with Crippen molar-refractivity contribution in [1.29, 1.82) is 0 Å². The van der Waals surface area contributed by atoms with Crippen molar-refractivity contribution in [3.8, 4) is 11.5 Å². The molecule has 7 heteroatoms. The quantitative estimate of drug-likeness (QED) is 0.800. The van der Waals surface area contributed by atoms with Crippen molar-refractivity contribution in [1.82, 2.24) is 15.5 Å². The van der Waals surface area contributed by atoms with Crippen LogP contribution < -0.4 is 5.32 Å². The third kappa shape index (κ3) is 4.12. The lowest BCUT2D eigenvalue weighted by Gasteiger charge is -2.07. The summed E-state index contributed by atoms with van der Waals surface area (Å²) in [7, 11) is 0. The molecule has 0 radical (unpaired) electrons. The highest BCUT2D eigenvalue weighted by atomic mass is 19.4.